The topological polar surface area (TPSA) is 61.4 Å². The van der Waals surface area contributed by atoms with Gasteiger partial charge in [0.2, 0.25) is 5.82 Å². The van der Waals surface area contributed by atoms with E-state index in [1.165, 1.54) is 16.9 Å². The molecule has 0 N–H and O–H groups in total. The van der Waals surface area contributed by atoms with Crippen molar-refractivity contribution in [3.8, 4) is 11.4 Å². The SMILES string of the molecule is Cn1c(Cn2nnc(-c3cccc(C(F)(F)F)c3)n2)nc2ccccc21. The highest BCUT2D eigenvalue weighted by Crippen LogP contribution is 2.31. The highest BCUT2D eigenvalue weighted by Gasteiger charge is 2.30. The summed E-state index contributed by atoms with van der Waals surface area (Å²) in [7, 11) is 1.88. The van der Waals surface area contributed by atoms with Crippen LogP contribution in [0.25, 0.3) is 22.4 Å². The van der Waals surface area contributed by atoms with Crippen LogP contribution in [0, 0.1) is 0 Å². The van der Waals surface area contributed by atoms with E-state index in [1.807, 2.05) is 35.9 Å². The van der Waals surface area contributed by atoms with Crippen LogP contribution in [0.1, 0.15) is 11.4 Å². The summed E-state index contributed by atoms with van der Waals surface area (Å²) in [5, 5.41) is 12.0. The first-order chi connectivity index (χ1) is 12.4. The molecular formula is C17H13F3N6. The van der Waals surface area contributed by atoms with Crippen LogP contribution < -0.4 is 0 Å². The van der Waals surface area contributed by atoms with Crippen molar-refractivity contribution in [2.45, 2.75) is 12.7 Å². The first kappa shape index (κ1) is 16.2. The second-order valence-corrected chi connectivity index (χ2v) is 5.80. The summed E-state index contributed by atoms with van der Waals surface area (Å²) in [6.07, 6.45) is -4.42. The summed E-state index contributed by atoms with van der Waals surface area (Å²) < 4.78 is 40.5. The molecule has 0 amide bonds. The number of fused-ring (bicyclic) bond motifs is 1. The Kier molecular flexibility index (Phi) is 3.71. The third-order valence-corrected chi connectivity index (χ3v) is 4.06. The van der Waals surface area contributed by atoms with Gasteiger partial charge in [0.05, 0.1) is 16.6 Å². The Balaban J connectivity index is 1.63. The van der Waals surface area contributed by atoms with Gasteiger partial charge in [-0.3, -0.25) is 0 Å². The molecule has 0 unspecified atom stereocenters. The number of aryl methyl sites for hydroxylation is 1. The zero-order chi connectivity index (χ0) is 18.3. The number of alkyl halides is 3. The van der Waals surface area contributed by atoms with Crippen molar-refractivity contribution in [3.05, 3.63) is 59.9 Å². The number of halogens is 3. The fourth-order valence-corrected chi connectivity index (χ4v) is 2.72. The van der Waals surface area contributed by atoms with E-state index in [2.05, 4.69) is 20.4 Å². The molecule has 0 aliphatic heterocycles. The molecule has 2 heterocycles. The maximum Gasteiger partial charge on any atom is 0.416 e. The molecule has 0 spiro atoms. The average Bonchev–Trinajstić information content (AvgIpc) is 3.20. The Labute approximate surface area is 145 Å². The van der Waals surface area contributed by atoms with E-state index in [0.717, 1.165) is 29.0 Å². The van der Waals surface area contributed by atoms with Crippen molar-refractivity contribution in [1.82, 2.24) is 29.8 Å². The molecule has 26 heavy (non-hydrogen) atoms. The lowest BCUT2D eigenvalue weighted by Gasteiger charge is -2.06. The maximum atomic E-state index is 12.8. The molecule has 0 radical (unpaired) electrons. The Morgan fingerprint density at radius 3 is 2.62 bits per heavy atom. The first-order valence-corrected chi connectivity index (χ1v) is 7.77. The molecule has 0 saturated heterocycles. The van der Waals surface area contributed by atoms with Crippen LogP contribution >= 0.6 is 0 Å². The molecule has 0 fully saturated rings. The Morgan fingerprint density at radius 2 is 1.85 bits per heavy atom. The summed E-state index contributed by atoms with van der Waals surface area (Å²) in [5.41, 5.74) is 1.33. The van der Waals surface area contributed by atoms with E-state index >= 15 is 0 Å². The molecule has 0 saturated carbocycles. The van der Waals surface area contributed by atoms with Crippen LogP contribution in [0.2, 0.25) is 0 Å². The minimum Gasteiger partial charge on any atom is -0.329 e. The predicted octanol–water partition coefficient (Wildman–Crippen LogP) is 3.29. The number of para-hydroxylation sites is 2. The fourth-order valence-electron chi connectivity index (χ4n) is 2.72. The number of benzene rings is 2. The van der Waals surface area contributed by atoms with E-state index in [0.29, 0.717) is 0 Å². The van der Waals surface area contributed by atoms with E-state index in [9.17, 15) is 13.2 Å². The largest absolute Gasteiger partial charge is 0.416 e. The van der Waals surface area contributed by atoms with Crippen molar-refractivity contribution in [3.63, 3.8) is 0 Å². The molecule has 132 valence electrons. The summed E-state index contributed by atoms with van der Waals surface area (Å²) in [4.78, 5) is 5.84. The molecule has 0 aliphatic rings. The quantitative estimate of drug-likeness (QED) is 0.564. The average molecular weight is 358 g/mol. The van der Waals surface area contributed by atoms with Gasteiger partial charge in [0, 0.05) is 12.6 Å². The fraction of sp³-hybridized carbons (Fsp3) is 0.176. The third-order valence-electron chi connectivity index (χ3n) is 4.06. The number of hydrogen-bond donors (Lipinski definition) is 0. The number of nitrogens with zero attached hydrogens (tertiary/aromatic N) is 6. The van der Waals surface area contributed by atoms with Crippen molar-refractivity contribution < 1.29 is 13.2 Å². The summed E-state index contributed by atoms with van der Waals surface area (Å²) in [5.74, 6) is 0.856. The third kappa shape index (κ3) is 2.92. The normalized spacial score (nSPS) is 12.0. The van der Waals surface area contributed by atoms with Gasteiger partial charge in [-0.05, 0) is 29.5 Å². The van der Waals surface area contributed by atoms with Crippen molar-refractivity contribution >= 4 is 11.0 Å². The van der Waals surface area contributed by atoms with Crippen LogP contribution in [0.15, 0.2) is 48.5 Å². The maximum absolute atomic E-state index is 12.8. The van der Waals surface area contributed by atoms with Crippen molar-refractivity contribution in [2.24, 2.45) is 7.05 Å². The molecule has 6 nitrogen and oxygen atoms in total. The van der Waals surface area contributed by atoms with E-state index in [4.69, 9.17) is 0 Å². The Morgan fingerprint density at radius 1 is 1.04 bits per heavy atom. The summed E-state index contributed by atoms with van der Waals surface area (Å²) in [6, 6.07) is 12.5. The minimum absolute atomic E-state index is 0.134. The highest BCUT2D eigenvalue weighted by molar-refractivity contribution is 5.75. The Bertz CT molecular complexity index is 1080. The van der Waals surface area contributed by atoms with Crippen molar-refractivity contribution in [1.29, 1.82) is 0 Å². The zero-order valence-corrected chi connectivity index (χ0v) is 13.6. The molecule has 2 aromatic heterocycles. The summed E-state index contributed by atoms with van der Waals surface area (Å²) >= 11 is 0. The van der Waals surface area contributed by atoms with Gasteiger partial charge in [-0.25, -0.2) is 4.98 Å². The van der Waals surface area contributed by atoms with Crippen LogP contribution in [-0.2, 0) is 19.8 Å². The van der Waals surface area contributed by atoms with E-state index in [-0.39, 0.29) is 17.9 Å². The lowest BCUT2D eigenvalue weighted by Crippen LogP contribution is -2.09. The minimum atomic E-state index is -4.42. The van der Waals surface area contributed by atoms with Gasteiger partial charge in [0.25, 0.3) is 0 Å². The van der Waals surface area contributed by atoms with Crippen LogP contribution in [-0.4, -0.2) is 29.8 Å². The highest BCUT2D eigenvalue weighted by atomic mass is 19.4. The van der Waals surface area contributed by atoms with Gasteiger partial charge in [-0.15, -0.1) is 10.2 Å². The van der Waals surface area contributed by atoms with Gasteiger partial charge < -0.3 is 4.57 Å². The van der Waals surface area contributed by atoms with Gasteiger partial charge in [0.15, 0.2) is 0 Å². The number of imidazole rings is 1. The van der Waals surface area contributed by atoms with E-state index < -0.39 is 11.7 Å². The molecule has 0 atom stereocenters. The molecule has 0 bridgehead atoms. The van der Waals surface area contributed by atoms with Crippen LogP contribution in [0.5, 0.6) is 0 Å². The second-order valence-electron chi connectivity index (χ2n) is 5.80. The van der Waals surface area contributed by atoms with Crippen LogP contribution in [0.4, 0.5) is 13.2 Å². The first-order valence-electron chi connectivity index (χ1n) is 7.77. The standard InChI is InChI=1S/C17H13F3N6/c1-25-14-8-3-2-7-13(14)21-15(25)10-26-23-16(22-24-26)11-5-4-6-12(9-11)17(18,19)20/h2-9H,10H2,1H3. The lowest BCUT2D eigenvalue weighted by molar-refractivity contribution is -0.137. The van der Waals surface area contributed by atoms with Gasteiger partial charge in [-0.1, -0.05) is 24.3 Å². The second kappa shape index (κ2) is 5.94. The van der Waals surface area contributed by atoms with Gasteiger partial charge in [-0.2, -0.15) is 18.0 Å². The number of rotatable bonds is 3. The molecular weight excluding hydrogens is 345 g/mol. The smallest absolute Gasteiger partial charge is 0.329 e. The molecule has 2 aromatic carbocycles. The lowest BCUT2D eigenvalue weighted by atomic mass is 10.1. The molecule has 4 rings (SSSR count). The number of hydrogen-bond acceptors (Lipinski definition) is 4. The monoisotopic (exact) mass is 358 g/mol. The van der Waals surface area contributed by atoms with Crippen LogP contribution in [0.3, 0.4) is 0 Å². The Hall–Kier alpha value is -3.23. The number of tetrazole rings is 1. The molecule has 4 aromatic rings. The van der Waals surface area contributed by atoms with Gasteiger partial charge >= 0.3 is 6.18 Å². The van der Waals surface area contributed by atoms with Gasteiger partial charge in [0.1, 0.15) is 12.4 Å². The molecule has 9 heteroatoms. The van der Waals surface area contributed by atoms with E-state index in [1.54, 1.807) is 0 Å². The molecule has 0 aliphatic carbocycles. The number of aromatic nitrogens is 6. The van der Waals surface area contributed by atoms with Crippen molar-refractivity contribution in [2.75, 3.05) is 0 Å². The predicted molar refractivity (Wildman–Crippen MR) is 88.1 cm³/mol. The summed E-state index contributed by atoms with van der Waals surface area (Å²) in [6.45, 7) is 0.261. The zero-order valence-electron chi connectivity index (χ0n) is 13.6.